The highest BCUT2D eigenvalue weighted by Gasteiger charge is 2.20. The molecule has 3 aromatic rings. The largest absolute Gasteiger partial charge is 0.373 e. The summed E-state index contributed by atoms with van der Waals surface area (Å²) in [6.45, 7) is 4.51. The van der Waals surface area contributed by atoms with Gasteiger partial charge in [-0.1, -0.05) is 24.6 Å². The van der Waals surface area contributed by atoms with Crippen molar-refractivity contribution in [2.75, 3.05) is 18.9 Å². The summed E-state index contributed by atoms with van der Waals surface area (Å²) in [5.74, 6) is 0.538. The van der Waals surface area contributed by atoms with E-state index in [2.05, 4.69) is 32.5 Å². The lowest BCUT2D eigenvalue weighted by Gasteiger charge is -2.09. The molecule has 0 bridgehead atoms. The van der Waals surface area contributed by atoms with E-state index in [0.717, 1.165) is 28.8 Å². The van der Waals surface area contributed by atoms with E-state index in [1.54, 1.807) is 7.05 Å². The summed E-state index contributed by atoms with van der Waals surface area (Å²) in [6, 6.07) is 9.53. The van der Waals surface area contributed by atoms with Crippen LogP contribution in [0.25, 0.3) is 22.5 Å². The third kappa shape index (κ3) is 3.95. The Morgan fingerprint density at radius 2 is 1.96 bits per heavy atom. The SMILES string of the molecule is CCNC(=O)c1[nH]c(-c2cc(NC)ncn2)cc1-c1cc(Cl)ccc1CC. The predicted octanol–water partition coefficient (Wildman–Crippen LogP) is 4.15. The van der Waals surface area contributed by atoms with Gasteiger partial charge in [-0.2, -0.15) is 0 Å². The van der Waals surface area contributed by atoms with Crippen LogP contribution in [0, 0.1) is 0 Å². The Balaban J connectivity index is 2.19. The molecule has 0 spiro atoms. The third-order valence-corrected chi connectivity index (χ3v) is 4.56. The molecule has 27 heavy (non-hydrogen) atoms. The first kappa shape index (κ1) is 18.9. The minimum atomic E-state index is -0.163. The number of carbonyl (C=O) groups excluding carboxylic acids is 1. The van der Waals surface area contributed by atoms with Gasteiger partial charge in [-0.05, 0) is 42.7 Å². The molecule has 0 aliphatic heterocycles. The normalized spacial score (nSPS) is 10.7. The van der Waals surface area contributed by atoms with Gasteiger partial charge in [0.1, 0.15) is 17.8 Å². The summed E-state index contributed by atoms with van der Waals surface area (Å²) in [5.41, 5.74) is 4.80. The molecule has 3 N–H and O–H groups in total. The van der Waals surface area contributed by atoms with Crippen LogP contribution in [0.15, 0.2) is 36.7 Å². The van der Waals surface area contributed by atoms with E-state index in [0.29, 0.717) is 28.8 Å². The molecule has 0 atom stereocenters. The van der Waals surface area contributed by atoms with Crippen LogP contribution in [0.1, 0.15) is 29.9 Å². The fraction of sp³-hybridized carbons (Fsp3) is 0.250. The summed E-state index contributed by atoms with van der Waals surface area (Å²) in [5, 5.41) is 6.49. The van der Waals surface area contributed by atoms with Crippen molar-refractivity contribution in [1.82, 2.24) is 20.3 Å². The van der Waals surface area contributed by atoms with Crippen molar-refractivity contribution in [3.63, 3.8) is 0 Å². The van der Waals surface area contributed by atoms with Gasteiger partial charge < -0.3 is 15.6 Å². The molecule has 0 saturated heterocycles. The highest BCUT2D eigenvalue weighted by molar-refractivity contribution is 6.31. The Kier molecular flexibility index (Phi) is 5.76. The van der Waals surface area contributed by atoms with Crippen molar-refractivity contribution in [3.05, 3.63) is 52.9 Å². The lowest BCUT2D eigenvalue weighted by molar-refractivity contribution is 0.0952. The van der Waals surface area contributed by atoms with Gasteiger partial charge in [0, 0.05) is 30.2 Å². The van der Waals surface area contributed by atoms with Gasteiger partial charge >= 0.3 is 0 Å². The number of halogens is 1. The van der Waals surface area contributed by atoms with Crippen LogP contribution in [0.5, 0.6) is 0 Å². The topological polar surface area (TPSA) is 82.7 Å². The standard InChI is InChI=1S/C20H22ClN5O/c1-4-12-6-7-13(21)8-14(12)15-9-17(26-19(15)20(27)23-5-2)16-10-18(22-3)25-11-24-16/h6-11,26H,4-5H2,1-3H3,(H,23,27)(H,22,24,25). The molecule has 0 aliphatic rings. The maximum absolute atomic E-state index is 12.7. The van der Waals surface area contributed by atoms with Crippen LogP contribution in [0.2, 0.25) is 5.02 Å². The lowest BCUT2D eigenvalue weighted by Crippen LogP contribution is -2.23. The summed E-state index contributed by atoms with van der Waals surface area (Å²) >= 11 is 6.24. The monoisotopic (exact) mass is 383 g/mol. The fourth-order valence-electron chi connectivity index (χ4n) is 2.98. The van der Waals surface area contributed by atoms with Crippen LogP contribution in [-0.4, -0.2) is 34.5 Å². The van der Waals surface area contributed by atoms with Gasteiger partial charge in [0.25, 0.3) is 5.91 Å². The predicted molar refractivity (Wildman–Crippen MR) is 109 cm³/mol. The molecule has 2 heterocycles. The summed E-state index contributed by atoms with van der Waals surface area (Å²) in [7, 11) is 1.80. The van der Waals surface area contributed by atoms with E-state index in [1.807, 2.05) is 37.3 Å². The van der Waals surface area contributed by atoms with Gasteiger partial charge in [0.2, 0.25) is 0 Å². The minimum Gasteiger partial charge on any atom is -0.373 e. The molecule has 6 nitrogen and oxygen atoms in total. The number of nitrogens with zero attached hydrogens (tertiary/aromatic N) is 2. The summed E-state index contributed by atoms with van der Waals surface area (Å²) < 4.78 is 0. The molecule has 7 heteroatoms. The molecular weight excluding hydrogens is 362 g/mol. The van der Waals surface area contributed by atoms with Crippen molar-refractivity contribution >= 4 is 23.3 Å². The second kappa shape index (κ2) is 8.22. The number of nitrogens with one attached hydrogen (secondary N) is 3. The van der Waals surface area contributed by atoms with E-state index < -0.39 is 0 Å². The number of aromatic nitrogens is 3. The van der Waals surface area contributed by atoms with Gasteiger partial charge in [0.15, 0.2) is 0 Å². The van der Waals surface area contributed by atoms with Crippen molar-refractivity contribution in [1.29, 1.82) is 0 Å². The van der Waals surface area contributed by atoms with Gasteiger partial charge in [0.05, 0.1) is 11.4 Å². The second-order valence-corrected chi connectivity index (χ2v) is 6.46. The first-order valence-electron chi connectivity index (χ1n) is 8.87. The molecule has 1 aromatic carbocycles. The Morgan fingerprint density at radius 3 is 2.67 bits per heavy atom. The van der Waals surface area contributed by atoms with E-state index >= 15 is 0 Å². The number of H-pyrrole nitrogens is 1. The van der Waals surface area contributed by atoms with E-state index in [-0.39, 0.29) is 5.91 Å². The van der Waals surface area contributed by atoms with Crippen molar-refractivity contribution in [2.24, 2.45) is 0 Å². The number of carbonyl (C=O) groups is 1. The van der Waals surface area contributed by atoms with Gasteiger partial charge in [-0.15, -0.1) is 0 Å². The molecule has 3 rings (SSSR count). The Hall–Kier alpha value is -2.86. The van der Waals surface area contributed by atoms with Crippen LogP contribution >= 0.6 is 11.6 Å². The van der Waals surface area contributed by atoms with Crippen LogP contribution in [0.4, 0.5) is 5.82 Å². The highest BCUT2D eigenvalue weighted by Crippen LogP contribution is 2.33. The number of hydrogen-bond donors (Lipinski definition) is 3. The van der Waals surface area contributed by atoms with Crippen LogP contribution < -0.4 is 10.6 Å². The van der Waals surface area contributed by atoms with Crippen molar-refractivity contribution in [3.8, 4) is 22.5 Å². The number of amides is 1. The molecule has 1 amide bonds. The maximum atomic E-state index is 12.7. The van der Waals surface area contributed by atoms with Crippen molar-refractivity contribution < 1.29 is 4.79 Å². The summed E-state index contributed by atoms with van der Waals surface area (Å²) in [6.07, 6.45) is 2.32. The molecule has 140 valence electrons. The number of hydrogen-bond acceptors (Lipinski definition) is 4. The maximum Gasteiger partial charge on any atom is 0.268 e. The quantitative estimate of drug-likeness (QED) is 0.597. The molecule has 0 radical (unpaired) electrons. The zero-order valence-corrected chi connectivity index (χ0v) is 16.3. The Bertz CT molecular complexity index is 967. The zero-order valence-electron chi connectivity index (χ0n) is 15.6. The van der Waals surface area contributed by atoms with Gasteiger partial charge in [-0.3, -0.25) is 4.79 Å². The molecule has 0 aliphatic carbocycles. The number of aromatic amines is 1. The van der Waals surface area contributed by atoms with E-state index in [9.17, 15) is 4.79 Å². The summed E-state index contributed by atoms with van der Waals surface area (Å²) in [4.78, 5) is 24.4. The minimum absolute atomic E-state index is 0.163. The highest BCUT2D eigenvalue weighted by atomic mass is 35.5. The first-order chi connectivity index (χ1) is 13.1. The average Bonchev–Trinajstić information content (AvgIpc) is 3.13. The van der Waals surface area contributed by atoms with E-state index in [1.165, 1.54) is 6.33 Å². The molecule has 2 aromatic heterocycles. The number of rotatable bonds is 6. The number of anilines is 1. The van der Waals surface area contributed by atoms with E-state index in [4.69, 9.17) is 11.6 Å². The van der Waals surface area contributed by atoms with Crippen LogP contribution in [0.3, 0.4) is 0 Å². The third-order valence-electron chi connectivity index (χ3n) is 4.32. The first-order valence-corrected chi connectivity index (χ1v) is 9.25. The molecular formula is C20H22ClN5O. The Morgan fingerprint density at radius 1 is 1.15 bits per heavy atom. The Labute approximate surface area is 163 Å². The lowest BCUT2D eigenvalue weighted by atomic mass is 9.97. The average molecular weight is 384 g/mol. The second-order valence-electron chi connectivity index (χ2n) is 6.02. The molecule has 0 saturated carbocycles. The number of aryl methyl sites for hydroxylation is 1. The zero-order chi connectivity index (χ0) is 19.4. The fourth-order valence-corrected chi connectivity index (χ4v) is 3.15. The molecule has 0 fully saturated rings. The van der Waals surface area contributed by atoms with Crippen molar-refractivity contribution in [2.45, 2.75) is 20.3 Å². The number of benzene rings is 1. The smallest absolute Gasteiger partial charge is 0.268 e. The molecule has 0 unspecified atom stereocenters. The van der Waals surface area contributed by atoms with Crippen LogP contribution in [-0.2, 0) is 6.42 Å². The van der Waals surface area contributed by atoms with Gasteiger partial charge in [-0.25, -0.2) is 9.97 Å².